The van der Waals surface area contributed by atoms with Crippen molar-refractivity contribution in [2.24, 2.45) is 5.73 Å². The Morgan fingerprint density at radius 1 is 1.31 bits per heavy atom. The second kappa shape index (κ2) is 3.89. The van der Waals surface area contributed by atoms with Gasteiger partial charge in [0, 0.05) is 10.7 Å². The summed E-state index contributed by atoms with van der Waals surface area (Å²) >= 11 is 5.61. The number of rotatable bonds is 2. The van der Waals surface area contributed by atoms with Crippen molar-refractivity contribution in [3.8, 4) is 0 Å². The van der Waals surface area contributed by atoms with Crippen molar-refractivity contribution in [2.75, 3.05) is 5.73 Å². The highest BCUT2D eigenvalue weighted by molar-refractivity contribution is 6.30. The van der Waals surface area contributed by atoms with E-state index in [1.54, 1.807) is 0 Å². The maximum atomic E-state index is 12.2. The molecule has 13 heavy (non-hydrogen) atoms. The van der Waals surface area contributed by atoms with E-state index in [0.29, 0.717) is 5.02 Å². The summed E-state index contributed by atoms with van der Waals surface area (Å²) in [5, 5.41) is 0.348. The van der Waals surface area contributed by atoms with Crippen LogP contribution in [-0.2, 0) is 0 Å². The summed E-state index contributed by atoms with van der Waals surface area (Å²) in [6.45, 7) is 0. The number of alkyl halides is 2. The van der Waals surface area contributed by atoms with Crippen LogP contribution in [-0.4, -0.2) is 6.43 Å². The summed E-state index contributed by atoms with van der Waals surface area (Å²) in [7, 11) is 0. The third-order valence-electron chi connectivity index (χ3n) is 1.68. The van der Waals surface area contributed by atoms with Gasteiger partial charge in [-0.25, -0.2) is 8.78 Å². The second-order valence-electron chi connectivity index (χ2n) is 2.63. The molecule has 0 aliphatic carbocycles. The minimum atomic E-state index is -2.64. The molecule has 0 amide bonds. The van der Waals surface area contributed by atoms with Crippen molar-refractivity contribution in [3.63, 3.8) is 0 Å². The highest BCUT2D eigenvalue weighted by Crippen LogP contribution is 2.26. The third kappa shape index (κ3) is 2.29. The lowest BCUT2D eigenvalue weighted by atomic mass is 10.1. The Hall–Kier alpha value is -0.870. The number of nitrogens with two attached hydrogens (primary N) is 2. The molecule has 0 heterocycles. The molecule has 0 aromatic heterocycles. The predicted molar refractivity (Wildman–Crippen MR) is 48.8 cm³/mol. The molecule has 0 fully saturated rings. The smallest absolute Gasteiger partial charge is 0.257 e. The first-order valence-electron chi connectivity index (χ1n) is 3.61. The maximum Gasteiger partial charge on any atom is 0.257 e. The highest BCUT2D eigenvalue weighted by atomic mass is 35.5. The van der Waals surface area contributed by atoms with Gasteiger partial charge in [0.15, 0.2) is 0 Å². The van der Waals surface area contributed by atoms with Gasteiger partial charge in [-0.2, -0.15) is 0 Å². The first-order chi connectivity index (χ1) is 6.02. The number of halogens is 3. The Bertz CT molecular complexity index is 304. The molecule has 1 rings (SSSR count). The van der Waals surface area contributed by atoms with E-state index in [-0.39, 0.29) is 11.3 Å². The predicted octanol–water partition coefficient (Wildman–Crippen LogP) is 2.19. The lowest BCUT2D eigenvalue weighted by Gasteiger charge is -2.13. The van der Waals surface area contributed by atoms with Crippen LogP contribution in [0, 0.1) is 0 Å². The molecule has 0 aliphatic heterocycles. The topological polar surface area (TPSA) is 52.0 Å². The molecular weight excluding hydrogens is 198 g/mol. The fourth-order valence-electron chi connectivity index (χ4n) is 0.970. The van der Waals surface area contributed by atoms with Gasteiger partial charge in [0.2, 0.25) is 0 Å². The summed E-state index contributed by atoms with van der Waals surface area (Å²) < 4.78 is 24.4. The summed E-state index contributed by atoms with van der Waals surface area (Å²) in [6, 6.07) is 2.96. The maximum absolute atomic E-state index is 12.2. The van der Waals surface area contributed by atoms with Gasteiger partial charge in [-0.1, -0.05) is 11.6 Å². The minimum absolute atomic E-state index is 0.183. The van der Waals surface area contributed by atoms with E-state index in [0.717, 1.165) is 0 Å². The Labute approximate surface area is 79.5 Å². The van der Waals surface area contributed by atoms with E-state index in [1.165, 1.54) is 18.2 Å². The summed E-state index contributed by atoms with van der Waals surface area (Å²) in [4.78, 5) is 0. The molecule has 1 atom stereocenters. The van der Waals surface area contributed by atoms with E-state index < -0.39 is 12.5 Å². The molecule has 0 radical (unpaired) electrons. The van der Waals surface area contributed by atoms with Gasteiger partial charge in [0.05, 0.1) is 6.04 Å². The lowest BCUT2D eigenvalue weighted by molar-refractivity contribution is 0.116. The van der Waals surface area contributed by atoms with E-state index in [1.807, 2.05) is 0 Å². The molecule has 0 spiro atoms. The van der Waals surface area contributed by atoms with E-state index in [2.05, 4.69) is 0 Å². The van der Waals surface area contributed by atoms with Gasteiger partial charge in [-0.3, -0.25) is 0 Å². The van der Waals surface area contributed by atoms with Crippen LogP contribution >= 0.6 is 11.6 Å². The van der Waals surface area contributed by atoms with Crippen LogP contribution in [0.1, 0.15) is 11.6 Å². The number of hydrogen-bond donors (Lipinski definition) is 2. The molecule has 0 bridgehead atoms. The molecule has 1 aromatic rings. The SMILES string of the molecule is Nc1ccc(Cl)cc1[C@H](N)C(F)F. The van der Waals surface area contributed by atoms with Crippen LogP contribution in [0.5, 0.6) is 0 Å². The first-order valence-corrected chi connectivity index (χ1v) is 3.99. The van der Waals surface area contributed by atoms with Crippen molar-refractivity contribution in [1.82, 2.24) is 0 Å². The Kier molecular flexibility index (Phi) is 3.06. The van der Waals surface area contributed by atoms with Crippen molar-refractivity contribution < 1.29 is 8.78 Å². The zero-order chi connectivity index (χ0) is 10.0. The second-order valence-corrected chi connectivity index (χ2v) is 3.07. The van der Waals surface area contributed by atoms with Crippen molar-refractivity contribution in [2.45, 2.75) is 12.5 Å². The Morgan fingerprint density at radius 2 is 1.92 bits per heavy atom. The van der Waals surface area contributed by atoms with Crippen molar-refractivity contribution in [1.29, 1.82) is 0 Å². The Balaban J connectivity index is 3.05. The average molecular weight is 207 g/mol. The van der Waals surface area contributed by atoms with Gasteiger partial charge < -0.3 is 11.5 Å². The quantitative estimate of drug-likeness (QED) is 0.729. The molecule has 4 N–H and O–H groups in total. The first kappa shape index (κ1) is 10.2. The number of anilines is 1. The van der Waals surface area contributed by atoms with Crippen LogP contribution in [0.3, 0.4) is 0 Å². The zero-order valence-electron chi connectivity index (χ0n) is 6.68. The molecule has 5 heteroatoms. The molecular formula is C8H9ClF2N2. The highest BCUT2D eigenvalue weighted by Gasteiger charge is 2.19. The minimum Gasteiger partial charge on any atom is -0.398 e. The summed E-state index contributed by atoms with van der Waals surface area (Å²) in [5.74, 6) is 0. The van der Waals surface area contributed by atoms with E-state index in [9.17, 15) is 8.78 Å². The standard InChI is InChI=1S/C8H9ClF2N2/c9-4-1-2-6(12)5(3-4)7(13)8(10)11/h1-3,7-8H,12-13H2/t7-/m0/s1. The fraction of sp³-hybridized carbons (Fsp3) is 0.250. The van der Waals surface area contributed by atoms with Gasteiger partial charge >= 0.3 is 0 Å². The van der Waals surface area contributed by atoms with E-state index in [4.69, 9.17) is 23.1 Å². The monoisotopic (exact) mass is 206 g/mol. The number of hydrogen-bond acceptors (Lipinski definition) is 2. The van der Waals surface area contributed by atoms with Gasteiger partial charge in [0.25, 0.3) is 6.43 Å². The van der Waals surface area contributed by atoms with Crippen molar-refractivity contribution >= 4 is 17.3 Å². The van der Waals surface area contributed by atoms with Crippen LogP contribution in [0.15, 0.2) is 18.2 Å². The van der Waals surface area contributed by atoms with Crippen LogP contribution < -0.4 is 11.5 Å². The Morgan fingerprint density at radius 3 is 2.46 bits per heavy atom. The molecule has 0 unspecified atom stereocenters. The van der Waals surface area contributed by atoms with Crippen LogP contribution in [0.4, 0.5) is 14.5 Å². The summed E-state index contributed by atoms with van der Waals surface area (Å²) in [6.07, 6.45) is -2.64. The molecule has 0 saturated carbocycles. The van der Waals surface area contributed by atoms with Crippen molar-refractivity contribution in [3.05, 3.63) is 28.8 Å². The fourth-order valence-corrected chi connectivity index (χ4v) is 1.15. The number of nitrogen functional groups attached to an aromatic ring is 1. The molecule has 1 aromatic carbocycles. The van der Waals surface area contributed by atoms with E-state index >= 15 is 0 Å². The third-order valence-corrected chi connectivity index (χ3v) is 1.91. The van der Waals surface area contributed by atoms with Gasteiger partial charge in [0.1, 0.15) is 0 Å². The molecule has 0 aliphatic rings. The molecule has 2 nitrogen and oxygen atoms in total. The van der Waals surface area contributed by atoms with Crippen LogP contribution in [0.25, 0.3) is 0 Å². The largest absolute Gasteiger partial charge is 0.398 e. The molecule has 72 valence electrons. The number of benzene rings is 1. The van der Waals surface area contributed by atoms with Gasteiger partial charge in [-0.15, -0.1) is 0 Å². The van der Waals surface area contributed by atoms with Crippen LogP contribution in [0.2, 0.25) is 5.02 Å². The normalized spacial score (nSPS) is 13.3. The average Bonchev–Trinajstić information content (AvgIpc) is 2.08. The zero-order valence-corrected chi connectivity index (χ0v) is 7.43. The molecule has 0 saturated heterocycles. The lowest BCUT2D eigenvalue weighted by Crippen LogP contribution is -2.20. The van der Waals surface area contributed by atoms with Gasteiger partial charge in [-0.05, 0) is 23.8 Å². The summed E-state index contributed by atoms with van der Waals surface area (Å²) in [5.41, 5.74) is 11.1.